The van der Waals surface area contributed by atoms with Crippen molar-refractivity contribution in [1.29, 1.82) is 0 Å². The molecule has 0 radical (unpaired) electrons. The highest BCUT2D eigenvalue weighted by Crippen LogP contribution is 2.40. The SMILES string of the molecule is O=C1CO[C@@H]2CCN(C(=O)OC3(Cc4ccccc4)CCC3)[C@H]12. The molecule has 5 nitrogen and oxygen atoms in total. The fraction of sp³-hybridized carbons (Fsp3) is 0.556. The predicted octanol–water partition coefficient (Wildman–Crippen LogP) is 2.33. The van der Waals surface area contributed by atoms with Crippen LogP contribution in [-0.2, 0) is 20.7 Å². The Balaban J connectivity index is 1.45. The van der Waals surface area contributed by atoms with Gasteiger partial charge < -0.3 is 9.47 Å². The molecule has 0 unspecified atom stereocenters. The van der Waals surface area contributed by atoms with Crippen LogP contribution in [0, 0.1) is 0 Å². The van der Waals surface area contributed by atoms with E-state index in [4.69, 9.17) is 9.47 Å². The zero-order valence-electron chi connectivity index (χ0n) is 13.1. The number of carbonyl (C=O) groups is 2. The average molecular weight is 315 g/mol. The lowest BCUT2D eigenvalue weighted by Gasteiger charge is -2.42. The van der Waals surface area contributed by atoms with Crippen molar-refractivity contribution < 1.29 is 19.1 Å². The third kappa shape index (κ3) is 2.63. The van der Waals surface area contributed by atoms with Gasteiger partial charge in [-0.2, -0.15) is 0 Å². The molecule has 0 spiro atoms. The van der Waals surface area contributed by atoms with Gasteiger partial charge in [0.1, 0.15) is 18.2 Å². The molecule has 0 bridgehead atoms. The number of benzene rings is 1. The number of likely N-dealkylation sites (tertiary alicyclic amines) is 1. The van der Waals surface area contributed by atoms with Crippen LogP contribution in [0.15, 0.2) is 30.3 Å². The van der Waals surface area contributed by atoms with E-state index < -0.39 is 11.6 Å². The van der Waals surface area contributed by atoms with Gasteiger partial charge in [0, 0.05) is 13.0 Å². The molecule has 122 valence electrons. The molecule has 2 saturated heterocycles. The maximum Gasteiger partial charge on any atom is 0.411 e. The zero-order valence-corrected chi connectivity index (χ0v) is 13.1. The lowest BCUT2D eigenvalue weighted by atomic mass is 9.76. The van der Waals surface area contributed by atoms with E-state index in [-0.39, 0.29) is 24.6 Å². The molecule has 2 atom stereocenters. The van der Waals surface area contributed by atoms with Gasteiger partial charge in [-0.1, -0.05) is 30.3 Å². The van der Waals surface area contributed by atoms with E-state index in [9.17, 15) is 9.59 Å². The Morgan fingerprint density at radius 1 is 1.30 bits per heavy atom. The van der Waals surface area contributed by atoms with Crippen molar-refractivity contribution in [2.45, 2.75) is 49.9 Å². The Morgan fingerprint density at radius 2 is 2.09 bits per heavy atom. The predicted molar refractivity (Wildman–Crippen MR) is 83.1 cm³/mol. The second kappa shape index (κ2) is 5.64. The van der Waals surface area contributed by atoms with Gasteiger partial charge in [-0.15, -0.1) is 0 Å². The highest BCUT2D eigenvalue weighted by atomic mass is 16.6. The van der Waals surface area contributed by atoms with Gasteiger partial charge in [0.2, 0.25) is 0 Å². The van der Waals surface area contributed by atoms with E-state index >= 15 is 0 Å². The van der Waals surface area contributed by atoms with Gasteiger partial charge in [0.05, 0.1) is 6.10 Å². The molecule has 3 aliphatic rings. The number of carbonyl (C=O) groups excluding carboxylic acids is 2. The van der Waals surface area contributed by atoms with Crippen molar-refractivity contribution in [1.82, 2.24) is 4.90 Å². The van der Waals surface area contributed by atoms with Crippen LogP contribution in [0.5, 0.6) is 0 Å². The highest BCUT2D eigenvalue weighted by Gasteiger charge is 2.49. The number of hydrogen-bond donors (Lipinski definition) is 0. The molecule has 5 heteroatoms. The number of rotatable bonds is 3. The lowest BCUT2D eigenvalue weighted by Crippen LogP contribution is -2.50. The fourth-order valence-electron chi connectivity index (χ4n) is 3.90. The van der Waals surface area contributed by atoms with Crippen LogP contribution in [-0.4, -0.2) is 47.7 Å². The van der Waals surface area contributed by atoms with E-state index in [1.54, 1.807) is 4.90 Å². The van der Waals surface area contributed by atoms with Gasteiger partial charge in [-0.3, -0.25) is 9.69 Å². The van der Waals surface area contributed by atoms with Crippen LogP contribution in [0.3, 0.4) is 0 Å². The number of nitrogens with zero attached hydrogens (tertiary/aromatic N) is 1. The quantitative estimate of drug-likeness (QED) is 0.859. The van der Waals surface area contributed by atoms with Crippen molar-refractivity contribution in [2.24, 2.45) is 0 Å². The normalized spacial score (nSPS) is 28.3. The summed E-state index contributed by atoms with van der Waals surface area (Å²) in [5.74, 6) is -0.00447. The highest BCUT2D eigenvalue weighted by molar-refractivity contribution is 5.91. The maximum absolute atomic E-state index is 12.6. The minimum Gasteiger partial charge on any atom is -0.442 e. The van der Waals surface area contributed by atoms with Crippen LogP contribution in [0.25, 0.3) is 0 Å². The number of amides is 1. The first kappa shape index (κ1) is 14.7. The van der Waals surface area contributed by atoms with Crippen LogP contribution in [0.1, 0.15) is 31.2 Å². The summed E-state index contributed by atoms with van der Waals surface area (Å²) in [7, 11) is 0. The summed E-state index contributed by atoms with van der Waals surface area (Å²) in [5, 5.41) is 0. The molecule has 23 heavy (non-hydrogen) atoms. The van der Waals surface area contributed by atoms with E-state index in [1.165, 1.54) is 5.56 Å². The van der Waals surface area contributed by atoms with Crippen LogP contribution in [0.2, 0.25) is 0 Å². The van der Waals surface area contributed by atoms with Crippen molar-refractivity contribution in [3.63, 3.8) is 0 Å². The van der Waals surface area contributed by atoms with E-state index in [1.807, 2.05) is 18.2 Å². The molecule has 2 aliphatic heterocycles. The smallest absolute Gasteiger partial charge is 0.411 e. The number of hydrogen-bond acceptors (Lipinski definition) is 4. The Hall–Kier alpha value is -1.88. The molecule has 1 aromatic carbocycles. The monoisotopic (exact) mass is 315 g/mol. The molecule has 2 heterocycles. The van der Waals surface area contributed by atoms with Gasteiger partial charge in [-0.05, 0) is 31.2 Å². The van der Waals surface area contributed by atoms with E-state index in [0.717, 1.165) is 32.1 Å². The Labute approximate surface area is 135 Å². The number of Topliss-reactive ketones (excluding diaryl/α,β-unsaturated/α-hetero) is 1. The molecule has 0 N–H and O–H groups in total. The minimum absolute atomic E-state index is 0.00447. The second-order valence-electron chi connectivity index (χ2n) is 6.81. The summed E-state index contributed by atoms with van der Waals surface area (Å²) < 4.78 is 11.3. The lowest BCUT2D eigenvalue weighted by molar-refractivity contribution is -0.122. The van der Waals surface area contributed by atoms with Crippen molar-refractivity contribution in [2.75, 3.05) is 13.2 Å². The molecule has 1 amide bonds. The van der Waals surface area contributed by atoms with Crippen LogP contribution in [0.4, 0.5) is 4.79 Å². The average Bonchev–Trinajstić information content (AvgIpc) is 3.09. The summed E-state index contributed by atoms with van der Waals surface area (Å²) in [6, 6.07) is 9.68. The second-order valence-corrected chi connectivity index (χ2v) is 6.81. The van der Waals surface area contributed by atoms with Crippen LogP contribution < -0.4 is 0 Å². The van der Waals surface area contributed by atoms with Crippen molar-refractivity contribution in [3.05, 3.63) is 35.9 Å². The topological polar surface area (TPSA) is 55.8 Å². The van der Waals surface area contributed by atoms with Crippen molar-refractivity contribution in [3.8, 4) is 0 Å². The van der Waals surface area contributed by atoms with Gasteiger partial charge >= 0.3 is 6.09 Å². The molecule has 1 aliphatic carbocycles. The third-order valence-corrected chi connectivity index (χ3v) is 5.28. The Morgan fingerprint density at radius 3 is 2.78 bits per heavy atom. The van der Waals surface area contributed by atoms with E-state index in [0.29, 0.717) is 6.54 Å². The maximum atomic E-state index is 12.6. The summed E-state index contributed by atoms with van der Waals surface area (Å²) >= 11 is 0. The molecular weight excluding hydrogens is 294 g/mol. The molecule has 3 fully saturated rings. The van der Waals surface area contributed by atoms with Gasteiger partial charge in [-0.25, -0.2) is 4.79 Å². The van der Waals surface area contributed by atoms with Crippen LogP contribution >= 0.6 is 0 Å². The molecular formula is C18H21NO4. The van der Waals surface area contributed by atoms with Gasteiger partial charge in [0.25, 0.3) is 0 Å². The summed E-state index contributed by atoms with van der Waals surface area (Å²) in [6.45, 7) is 0.662. The number of ether oxygens (including phenoxy) is 2. The fourth-order valence-corrected chi connectivity index (χ4v) is 3.90. The zero-order chi connectivity index (χ0) is 15.9. The van der Waals surface area contributed by atoms with Gasteiger partial charge in [0.15, 0.2) is 5.78 Å². The molecule has 1 aromatic rings. The Kier molecular flexibility index (Phi) is 3.60. The molecule has 0 aromatic heterocycles. The number of fused-ring (bicyclic) bond motifs is 1. The summed E-state index contributed by atoms with van der Waals surface area (Å²) in [6.07, 6.45) is 3.82. The molecule has 1 saturated carbocycles. The van der Waals surface area contributed by atoms with Crippen molar-refractivity contribution >= 4 is 11.9 Å². The minimum atomic E-state index is -0.434. The number of ketones is 1. The largest absolute Gasteiger partial charge is 0.442 e. The summed E-state index contributed by atoms with van der Waals surface area (Å²) in [5.41, 5.74) is 0.776. The standard InChI is InChI=1S/C18H21NO4/c20-14-12-22-15-7-10-19(16(14)15)17(21)23-18(8-4-9-18)11-13-5-2-1-3-6-13/h1-3,5-6,15-16H,4,7-12H2/t15-,16-/m1/s1. The first-order valence-electron chi connectivity index (χ1n) is 8.35. The third-order valence-electron chi connectivity index (χ3n) is 5.28. The summed E-state index contributed by atoms with van der Waals surface area (Å²) in [4.78, 5) is 26.1. The first-order chi connectivity index (χ1) is 11.2. The Bertz CT molecular complexity index is 611. The van der Waals surface area contributed by atoms with E-state index in [2.05, 4.69) is 12.1 Å². The first-order valence-corrected chi connectivity index (χ1v) is 8.35. The molecule has 4 rings (SSSR count).